The Hall–Kier alpha value is -2.40. The molecule has 0 aliphatic heterocycles. The van der Waals surface area contributed by atoms with E-state index >= 15 is 0 Å². The summed E-state index contributed by atoms with van der Waals surface area (Å²) in [5.74, 6) is 0. The molecule has 0 spiro atoms. The molecule has 5 heteroatoms. The summed E-state index contributed by atoms with van der Waals surface area (Å²) < 4.78 is 0. The highest BCUT2D eigenvalue weighted by Gasteiger charge is 2.03. The Balaban J connectivity index is 1.73. The second kappa shape index (κ2) is 8.14. The number of rotatable bonds is 6. The number of carbonyl (C=O) groups excluding carboxylic acids is 1. The molecule has 3 N–H and O–H groups in total. The van der Waals surface area contributed by atoms with Crippen LogP contribution < -0.4 is 10.6 Å². The number of amides is 2. The van der Waals surface area contributed by atoms with Crippen molar-refractivity contribution in [2.24, 2.45) is 0 Å². The number of hydrogen-bond acceptors (Lipinski definition) is 3. The van der Waals surface area contributed by atoms with E-state index in [4.69, 9.17) is 0 Å². The number of nitrogens with one attached hydrogen (secondary N) is 2. The van der Waals surface area contributed by atoms with Gasteiger partial charge in [0.15, 0.2) is 0 Å². The molecule has 1 heterocycles. The van der Waals surface area contributed by atoms with Crippen molar-refractivity contribution in [2.75, 3.05) is 6.54 Å². The summed E-state index contributed by atoms with van der Waals surface area (Å²) in [5.41, 5.74) is 3.82. The van der Waals surface area contributed by atoms with Crippen LogP contribution in [-0.2, 0) is 19.6 Å². The minimum atomic E-state index is -0.215. The zero-order valence-corrected chi connectivity index (χ0v) is 12.7. The normalized spacial score (nSPS) is 10.3. The molecule has 22 heavy (non-hydrogen) atoms. The number of aromatic nitrogens is 1. The lowest BCUT2D eigenvalue weighted by atomic mass is 10.1. The van der Waals surface area contributed by atoms with Gasteiger partial charge in [-0.15, -0.1) is 0 Å². The summed E-state index contributed by atoms with van der Waals surface area (Å²) in [6, 6.07) is 11.3. The summed E-state index contributed by atoms with van der Waals surface area (Å²) in [5, 5.41) is 14.8. The number of urea groups is 1. The van der Waals surface area contributed by atoms with Gasteiger partial charge >= 0.3 is 6.03 Å². The first-order valence-electron chi connectivity index (χ1n) is 7.30. The van der Waals surface area contributed by atoms with E-state index in [1.807, 2.05) is 49.5 Å². The second-order valence-electron chi connectivity index (χ2n) is 5.09. The smallest absolute Gasteiger partial charge is 0.315 e. The van der Waals surface area contributed by atoms with Gasteiger partial charge in [-0.2, -0.15) is 0 Å². The van der Waals surface area contributed by atoms with Gasteiger partial charge in [-0.25, -0.2) is 4.79 Å². The van der Waals surface area contributed by atoms with Crippen LogP contribution in [0.2, 0.25) is 0 Å². The quantitative estimate of drug-likeness (QED) is 0.763. The summed E-state index contributed by atoms with van der Waals surface area (Å²) in [4.78, 5) is 16.0. The van der Waals surface area contributed by atoms with Crippen LogP contribution in [0.5, 0.6) is 0 Å². The lowest BCUT2D eigenvalue weighted by Crippen LogP contribution is -2.36. The predicted octanol–water partition coefficient (Wildman–Crippen LogP) is 1.92. The van der Waals surface area contributed by atoms with Crippen LogP contribution in [0.15, 0.2) is 42.6 Å². The molecule has 0 aliphatic rings. The molecule has 5 nitrogen and oxygen atoms in total. The Morgan fingerprint density at radius 1 is 1.14 bits per heavy atom. The number of aliphatic hydroxyl groups is 1. The molecule has 2 aromatic rings. The van der Waals surface area contributed by atoms with Gasteiger partial charge in [0, 0.05) is 25.0 Å². The molecule has 0 saturated carbocycles. The number of aryl methyl sites for hydroxylation is 1. The zero-order valence-electron chi connectivity index (χ0n) is 12.7. The second-order valence-corrected chi connectivity index (χ2v) is 5.09. The Labute approximate surface area is 130 Å². The third-order valence-electron chi connectivity index (χ3n) is 3.40. The number of aliphatic hydroxyl groups excluding tert-OH is 1. The number of pyridine rings is 1. The van der Waals surface area contributed by atoms with Crippen molar-refractivity contribution in [3.05, 3.63) is 65.0 Å². The molecule has 0 aliphatic carbocycles. The van der Waals surface area contributed by atoms with E-state index in [2.05, 4.69) is 15.6 Å². The molecule has 0 saturated heterocycles. The fourth-order valence-corrected chi connectivity index (χ4v) is 2.09. The summed E-state index contributed by atoms with van der Waals surface area (Å²) in [6.07, 6.45) is 2.57. The Morgan fingerprint density at radius 3 is 2.59 bits per heavy atom. The summed E-state index contributed by atoms with van der Waals surface area (Å²) in [6.45, 7) is 2.87. The van der Waals surface area contributed by atoms with Crippen LogP contribution in [0.1, 0.15) is 22.4 Å². The van der Waals surface area contributed by atoms with E-state index in [0.29, 0.717) is 13.1 Å². The Morgan fingerprint density at radius 2 is 1.91 bits per heavy atom. The van der Waals surface area contributed by atoms with E-state index in [0.717, 1.165) is 28.8 Å². The van der Waals surface area contributed by atoms with Crippen molar-refractivity contribution in [3.63, 3.8) is 0 Å². The molecule has 0 bridgehead atoms. The van der Waals surface area contributed by atoms with Crippen LogP contribution in [0.3, 0.4) is 0 Å². The lowest BCUT2D eigenvalue weighted by Gasteiger charge is -2.10. The standard InChI is InChI=1S/C17H21N3O2/c1-13-6-7-14(10-19-13)8-9-18-17(22)20-11-15-4-2-3-5-16(15)12-21/h2-7,10,21H,8-9,11-12H2,1H3,(H2,18,20,22). The van der Waals surface area contributed by atoms with Gasteiger partial charge in [0.25, 0.3) is 0 Å². The topological polar surface area (TPSA) is 74.2 Å². The zero-order chi connectivity index (χ0) is 15.8. The van der Waals surface area contributed by atoms with Crippen LogP contribution >= 0.6 is 0 Å². The summed E-state index contributed by atoms with van der Waals surface area (Å²) in [7, 11) is 0. The fourth-order valence-electron chi connectivity index (χ4n) is 2.09. The first-order chi connectivity index (χ1) is 10.7. The Kier molecular flexibility index (Phi) is 5.91. The van der Waals surface area contributed by atoms with E-state index < -0.39 is 0 Å². The SMILES string of the molecule is Cc1ccc(CCNC(=O)NCc2ccccc2CO)cn1. The minimum Gasteiger partial charge on any atom is -0.392 e. The average Bonchev–Trinajstić information content (AvgIpc) is 2.55. The van der Waals surface area contributed by atoms with E-state index in [-0.39, 0.29) is 12.6 Å². The molecule has 2 rings (SSSR count). The molecule has 0 unspecified atom stereocenters. The highest BCUT2D eigenvalue weighted by atomic mass is 16.3. The number of benzene rings is 1. The van der Waals surface area contributed by atoms with Crippen molar-refractivity contribution >= 4 is 6.03 Å². The molecular weight excluding hydrogens is 278 g/mol. The molecular formula is C17H21N3O2. The first kappa shape index (κ1) is 16.0. The van der Waals surface area contributed by atoms with Gasteiger partial charge in [0.2, 0.25) is 0 Å². The number of carbonyl (C=O) groups is 1. The molecule has 116 valence electrons. The fraction of sp³-hybridized carbons (Fsp3) is 0.294. The maximum Gasteiger partial charge on any atom is 0.315 e. The van der Waals surface area contributed by atoms with E-state index in [9.17, 15) is 9.90 Å². The van der Waals surface area contributed by atoms with Crippen LogP contribution in [0.25, 0.3) is 0 Å². The van der Waals surface area contributed by atoms with Crippen LogP contribution in [0, 0.1) is 6.92 Å². The molecule has 1 aromatic heterocycles. The van der Waals surface area contributed by atoms with Gasteiger partial charge in [-0.05, 0) is 36.1 Å². The molecule has 0 radical (unpaired) electrons. The lowest BCUT2D eigenvalue weighted by molar-refractivity contribution is 0.240. The maximum absolute atomic E-state index is 11.8. The van der Waals surface area contributed by atoms with Crippen LogP contribution in [-0.4, -0.2) is 22.7 Å². The van der Waals surface area contributed by atoms with Gasteiger partial charge in [-0.3, -0.25) is 4.98 Å². The average molecular weight is 299 g/mol. The van der Waals surface area contributed by atoms with Crippen LogP contribution in [0.4, 0.5) is 4.79 Å². The van der Waals surface area contributed by atoms with Crippen molar-refractivity contribution in [1.29, 1.82) is 0 Å². The molecule has 2 amide bonds. The predicted molar refractivity (Wildman–Crippen MR) is 85.3 cm³/mol. The van der Waals surface area contributed by atoms with Gasteiger partial charge in [0.1, 0.15) is 0 Å². The van der Waals surface area contributed by atoms with E-state index in [1.54, 1.807) is 0 Å². The monoisotopic (exact) mass is 299 g/mol. The van der Waals surface area contributed by atoms with Crippen molar-refractivity contribution in [1.82, 2.24) is 15.6 Å². The highest BCUT2D eigenvalue weighted by molar-refractivity contribution is 5.73. The van der Waals surface area contributed by atoms with Crippen molar-refractivity contribution in [3.8, 4) is 0 Å². The first-order valence-corrected chi connectivity index (χ1v) is 7.30. The van der Waals surface area contributed by atoms with Gasteiger partial charge in [0.05, 0.1) is 6.61 Å². The summed E-state index contributed by atoms with van der Waals surface area (Å²) >= 11 is 0. The number of hydrogen-bond donors (Lipinski definition) is 3. The van der Waals surface area contributed by atoms with Gasteiger partial charge < -0.3 is 15.7 Å². The van der Waals surface area contributed by atoms with E-state index in [1.165, 1.54) is 0 Å². The maximum atomic E-state index is 11.8. The number of nitrogens with zero attached hydrogens (tertiary/aromatic N) is 1. The third kappa shape index (κ3) is 4.86. The van der Waals surface area contributed by atoms with Crippen molar-refractivity contribution in [2.45, 2.75) is 26.5 Å². The molecule has 1 aromatic carbocycles. The third-order valence-corrected chi connectivity index (χ3v) is 3.40. The molecule has 0 fully saturated rings. The highest BCUT2D eigenvalue weighted by Crippen LogP contribution is 2.07. The minimum absolute atomic E-state index is 0.0279. The Bertz CT molecular complexity index is 612. The van der Waals surface area contributed by atoms with Crippen molar-refractivity contribution < 1.29 is 9.90 Å². The van der Waals surface area contributed by atoms with Gasteiger partial charge in [-0.1, -0.05) is 30.3 Å². The molecule has 0 atom stereocenters. The largest absolute Gasteiger partial charge is 0.392 e.